The van der Waals surface area contributed by atoms with Crippen LogP contribution in [0.5, 0.6) is 0 Å². The fraction of sp³-hybridized carbons (Fsp3) is 0.364. The molecular formula is C11H15FN2O2S2. The molecule has 0 saturated heterocycles. The second-order valence-corrected chi connectivity index (χ2v) is 7.65. The standard InChI is InChI=1S/C11H15FN2O2S2/c1-11(2,3)18(15,16)14-9-5-4-7(10(13)17)6-8(9)12/h4-6,14H,1-3H3,(H2,13,17). The molecule has 4 nitrogen and oxygen atoms in total. The van der Waals surface area contributed by atoms with E-state index in [-0.39, 0.29) is 10.7 Å². The van der Waals surface area contributed by atoms with E-state index in [1.54, 1.807) is 0 Å². The van der Waals surface area contributed by atoms with Gasteiger partial charge in [-0.05, 0) is 39.0 Å². The fourth-order valence-electron chi connectivity index (χ4n) is 1.05. The Balaban J connectivity index is 3.11. The maximum Gasteiger partial charge on any atom is 0.237 e. The Morgan fingerprint density at radius 1 is 1.39 bits per heavy atom. The van der Waals surface area contributed by atoms with Crippen LogP contribution < -0.4 is 10.5 Å². The number of rotatable bonds is 3. The third-order valence-corrected chi connectivity index (χ3v) is 4.64. The first kappa shape index (κ1) is 14.8. The van der Waals surface area contributed by atoms with E-state index in [1.807, 2.05) is 0 Å². The number of sulfonamides is 1. The highest BCUT2D eigenvalue weighted by Crippen LogP contribution is 2.22. The van der Waals surface area contributed by atoms with Crippen LogP contribution in [0.1, 0.15) is 26.3 Å². The molecule has 0 heterocycles. The van der Waals surface area contributed by atoms with Crippen LogP contribution in [0.3, 0.4) is 0 Å². The third-order valence-electron chi connectivity index (χ3n) is 2.30. The molecule has 3 N–H and O–H groups in total. The van der Waals surface area contributed by atoms with Gasteiger partial charge in [-0.1, -0.05) is 12.2 Å². The highest BCUT2D eigenvalue weighted by molar-refractivity contribution is 7.94. The van der Waals surface area contributed by atoms with E-state index in [1.165, 1.54) is 32.9 Å². The molecule has 1 aromatic carbocycles. The smallest absolute Gasteiger partial charge is 0.237 e. The van der Waals surface area contributed by atoms with Crippen LogP contribution in [0.15, 0.2) is 18.2 Å². The number of nitrogens with two attached hydrogens (primary N) is 1. The lowest BCUT2D eigenvalue weighted by Crippen LogP contribution is -2.34. The zero-order valence-electron chi connectivity index (χ0n) is 10.3. The molecule has 0 radical (unpaired) electrons. The molecule has 0 aliphatic carbocycles. The van der Waals surface area contributed by atoms with Crippen LogP contribution in [0.25, 0.3) is 0 Å². The predicted octanol–water partition coefficient (Wildman–Crippen LogP) is 2.00. The van der Waals surface area contributed by atoms with Crippen LogP contribution in [-0.2, 0) is 10.0 Å². The first-order valence-corrected chi connectivity index (χ1v) is 7.05. The van der Waals surface area contributed by atoms with Crippen molar-refractivity contribution in [2.75, 3.05) is 4.72 Å². The molecule has 0 spiro atoms. The molecule has 0 bridgehead atoms. The van der Waals surface area contributed by atoms with Gasteiger partial charge in [0.25, 0.3) is 0 Å². The van der Waals surface area contributed by atoms with Gasteiger partial charge in [-0.3, -0.25) is 4.72 Å². The number of hydrogen-bond donors (Lipinski definition) is 2. The van der Waals surface area contributed by atoms with Gasteiger partial charge in [-0.15, -0.1) is 0 Å². The number of benzene rings is 1. The summed E-state index contributed by atoms with van der Waals surface area (Å²) in [4.78, 5) is 0.0547. The molecule has 0 unspecified atom stereocenters. The quantitative estimate of drug-likeness (QED) is 0.835. The van der Waals surface area contributed by atoms with E-state index in [4.69, 9.17) is 18.0 Å². The van der Waals surface area contributed by atoms with Gasteiger partial charge in [0, 0.05) is 5.56 Å². The first-order chi connectivity index (χ1) is 8.04. The van der Waals surface area contributed by atoms with E-state index >= 15 is 0 Å². The van der Waals surface area contributed by atoms with Crippen molar-refractivity contribution in [2.24, 2.45) is 5.73 Å². The van der Waals surface area contributed by atoms with Crippen molar-refractivity contribution in [2.45, 2.75) is 25.5 Å². The van der Waals surface area contributed by atoms with Crippen molar-refractivity contribution < 1.29 is 12.8 Å². The fourth-order valence-corrected chi connectivity index (χ4v) is 1.94. The first-order valence-electron chi connectivity index (χ1n) is 5.16. The van der Waals surface area contributed by atoms with Crippen LogP contribution in [0.4, 0.5) is 10.1 Å². The zero-order valence-corrected chi connectivity index (χ0v) is 12.0. The number of anilines is 1. The monoisotopic (exact) mass is 290 g/mol. The lowest BCUT2D eigenvalue weighted by Gasteiger charge is -2.20. The molecule has 0 saturated carbocycles. The summed E-state index contributed by atoms with van der Waals surface area (Å²) in [5.74, 6) is -0.715. The molecule has 100 valence electrons. The lowest BCUT2D eigenvalue weighted by atomic mass is 10.2. The number of thiocarbonyl (C=S) groups is 1. The normalized spacial score (nSPS) is 12.2. The van der Waals surface area contributed by atoms with Gasteiger partial charge in [-0.25, -0.2) is 12.8 Å². The zero-order chi connectivity index (χ0) is 14.1. The van der Waals surface area contributed by atoms with Crippen molar-refractivity contribution >= 4 is 32.9 Å². The topological polar surface area (TPSA) is 72.2 Å². The SMILES string of the molecule is CC(C)(C)S(=O)(=O)Nc1ccc(C(N)=S)cc1F. The highest BCUT2D eigenvalue weighted by atomic mass is 32.2. The highest BCUT2D eigenvalue weighted by Gasteiger charge is 2.29. The van der Waals surface area contributed by atoms with Gasteiger partial charge in [0.1, 0.15) is 10.8 Å². The van der Waals surface area contributed by atoms with Gasteiger partial charge in [0.05, 0.1) is 10.4 Å². The molecule has 0 aliphatic rings. The minimum atomic E-state index is -3.66. The van der Waals surface area contributed by atoms with Gasteiger partial charge in [0.15, 0.2) is 0 Å². The molecule has 7 heteroatoms. The Bertz CT molecular complexity index is 577. The minimum Gasteiger partial charge on any atom is -0.389 e. The summed E-state index contributed by atoms with van der Waals surface area (Å²) in [6.45, 7) is 4.57. The molecular weight excluding hydrogens is 275 g/mol. The van der Waals surface area contributed by atoms with Crippen LogP contribution in [0.2, 0.25) is 0 Å². The molecule has 0 aromatic heterocycles. The molecule has 1 rings (SSSR count). The van der Waals surface area contributed by atoms with E-state index in [2.05, 4.69) is 4.72 Å². The summed E-state index contributed by atoms with van der Waals surface area (Å²) < 4.78 is 38.6. The summed E-state index contributed by atoms with van der Waals surface area (Å²) in [5.41, 5.74) is 5.58. The average Bonchev–Trinajstić information content (AvgIpc) is 2.18. The summed E-state index contributed by atoms with van der Waals surface area (Å²) in [6.07, 6.45) is 0. The second-order valence-electron chi connectivity index (χ2n) is 4.78. The Kier molecular flexibility index (Phi) is 3.97. The average molecular weight is 290 g/mol. The Morgan fingerprint density at radius 3 is 2.33 bits per heavy atom. The summed E-state index contributed by atoms with van der Waals surface area (Å²) in [6, 6.07) is 3.86. The molecule has 0 fully saturated rings. The van der Waals surface area contributed by atoms with E-state index in [0.717, 1.165) is 6.07 Å². The third kappa shape index (κ3) is 3.17. The minimum absolute atomic E-state index is 0.0547. The Morgan fingerprint density at radius 2 is 1.94 bits per heavy atom. The summed E-state index contributed by atoms with van der Waals surface area (Å²) in [7, 11) is -3.66. The second kappa shape index (κ2) is 4.81. The number of hydrogen-bond acceptors (Lipinski definition) is 3. The number of halogens is 1. The predicted molar refractivity (Wildman–Crippen MR) is 74.6 cm³/mol. The van der Waals surface area contributed by atoms with Crippen LogP contribution in [0, 0.1) is 5.82 Å². The lowest BCUT2D eigenvalue weighted by molar-refractivity contribution is 0.564. The van der Waals surface area contributed by atoms with Crippen molar-refractivity contribution in [3.8, 4) is 0 Å². The van der Waals surface area contributed by atoms with Gasteiger partial charge in [-0.2, -0.15) is 0 Å². The maximum atomic E-state index is 13.7. The van der Waals surface area contributed by atoms with Crippen LogP contribution in [-0.4, -0.2) is 18.2 Å². The van der Waals surface area contributed by atoms with Gasteiger partial charge >= 0.3 is 0 Å². The maximum absolute atomic E-state index is 13.7. The van der Waals surface area contributed by atoms with Gasteiger partial charge in [0.2, 0.25) is 10.0 Å². The van der Waals surface area contributed by atoms with E-state index < -0.39 is 20.6 Å². The van der Waals surface area contributed by atoms with Crippen molar-refractivity contribution in [3.63, 3.8) is 0 Å². The Labute approximate surface area is 111 Å². The van der Waals surface area contributed by atoms with Crippen LogP contribution >= 0.6 is 12.2 Å². The number of nitrogens with one attached hydrogen (secondary N) is 1. The van der Waals surface area contributed by atoms with Gasteiger partial charge < -0.3 is 5.73 Å². The van der Waals surface area contributed by atoms with Crippen molar-refractivity contribution in [3.05, 3.63) is 29.6 Å². The van der Waals surface area contributed by atoms with Crippen molar-refractivity contribution in [1.29, 1.82) is 0 Å². The van der Waals surface area contributed by atoms with Crippen molar-refractivity contribution in [1.82, 2.24) is 0 Å². The van der Waals surface area contributed by atoms with E-state index in [9.17, 15) is 12.8 Å². The largest absolute Gasteiger partial charge is 0.389 e. The van der Waals surface area contributed by atoms with E-state index in [0.29, 0.717) is 5.56 Å². The Hall–Kier alpha value is -1.21. The summed E-state index contributed by atoms with van der Waals surface area (Å²) >= 11 is 4.71. The molecule has 0 aliphatic heterocycles. The molecule has 18 heavy (non-hydrogen) atoms. The molecule has 0 amide bonds. The molecule has 1 aromatic rings. The summed E-state index contributed by atoms with van der Waals surface area (Å²) in [5, 5.41) is 0. The molecule has 0 atom stereocenters.